The normalized spacial score (nSPS) is 24.5. The first kappa shape index (κ1) is 14.2. The SMILES string of the molecule is O=C(CCCN1CCC(N2CCCC2)C1)c1cccs1. The smallest absolute Gasteiger partial charge is 0.172 e. The largest absolute Gasteiger partial charge is 0.302 e. The topological polar surface area (TPSA) is 23.6 Å². The number of hydrogen-bond donors (Lipinski definition) is 0. The summed E-state index contributed by atoms with van der Waals surface area (Å²) in [6.07, 6.45) is 5.78. The van der Waals surface area contributed by atoms with E-state index in [1.165, 1.54) is 45.4 Å². The van der Waals surface area contributed by atoms with E-state index in [0.717, 1.165) is 23.9 Å². The van der Waals surface area contributed by atoms with Crippen molar-refractivity contribution in [3.05, 3.63) is 22.4 Å². The van der Waals surface area contributed by atoms with Gasteiger partial charge < -0.3 is 4.90 Å². The first-order chi connectivity index (χ1) is 9.83. The second-order valence-electron chi connectivity index (χ2n) is 5.99. The Labute approximate surface area is 125 Å². The van der Waals surface area contributed by atoms with Crippen molar-refractivity contribution in [2.45, 2.75) is 38.1 Å². The quantitative estimate of drug-likeness (QED) is 0.753. The van der Waals surface area contributed by atoms with Crippen molar-refractivity contribution < 1.29 is 4.79 Å². The molecule has 20 heavy (non-hydrogen) atoms. The molecule has 1 aromatic rings. The van der Waals surface area contributed by atoms with E-state index in [-0.39, 0.29) is 0 Å². The van der Waals surface area contributed by atoms with E-state index in [1.54, 1.807) is 11.3 Å². The average Bonchev–Trinajstić information content (AvgIpc) is 3.20. The summed E-state index contributed by atoms with van der Waals surface area (Å²) >= 11 is 1.56. The van der Waals surface area contributed by atoms with Crippen LogP contribution in [-0.2, 0) is 0 Å². The fraction of sp³-hybridized carbons (Fsp3) is 0.688. The van der Waals surface area contributed by atoms with Crippen LogP contribution in [0.5, 0.6) is 0 Å². The molecule has 2 fully saturated rings. The number of likely N-dealkylation sites (tertiary alicyclic amines) is 2. The van der Waals surface area contributed by atoms with Gasteiger partial charge in [-0.2, -0.15) is 0 Å². The molecule has 3 rings (SSSR count). The fourth-order valence-corrected chi connectivity index (χ4v) is 4.14. The Kier molecular flexibility index (Phi) is 4.86. The molecule has 3 nitrogen and oxygen atoms in total. The van der Waals surface area contributed by atoms with E-state index < -0.39 is 0 Å². The monoisotopic (exact) mass is 292 g/mol. The first-order valence-corrected chi connectivity index (χ1v) is 8.74. The molecule has 0 aliphatic carbocycles. The molecule has 0 amide bonds. The van der Waals surface area contributed by atoms with Gasteiger partial charge in [-0.05, 0) is 63.3 Å². The third kappa shape index (κ3) is 3.48. The molecular weight excluding hydrogens is 268 g/mol. The molecular formula is C16H24N2OS. The molecule has 2 saturated heterocycles. The van der Waals surface area contributed by atoms with Crippen LogP contribution < -0.4 is 0 Å². The van der Waals surface area contributed by atoms with E-state index in [1.807, 2.05) is 17.5 Å². The van der Waals surface area contributed by atoms with Crippen molar-refractivity contribution in [3.8, 4) is 0 Å². The molecule has 0 aromatic carbocycles. The van der Waals surface area contributed by atoms with Crippen LogP contribution in [0.25, 0.3) is 0 Å². The highest BCUT2D eigenvalue weighted by molar-refractivity contribution is 7.12. The van der Waals surface area contributed by atoms with Crippen LogP contribution in [0, 0.1) is 0 Å². The highest BCUT2D eigenvalue weighted by Gasteiger charge is 2.28. The zero-order chi connectivity index (χ0) is 13.8. The molecule has 4 heteroatoms. The second kappa shape index (κ2) is 6.83. The Hall–Kier alpha value is -0.710. The average molecular weight is 292 g/mol. The molecule has 2 aliphatic rings. The predicted molar refractivity (Wildman–Crippen MR) is 83.5 cm³/mol. The molecule has 110 valence electrons. The summed E-state index contributed by atoms with van der Waals surface area (Å²) < 4.78 is 0. The first-order valence-electron chi connectivity index (χ1n) is 7.86. The lowest BCUT2D eigenvalue weighted by molar-refractivity contribution is 0.0979. The number of hydrogen-bond acceptors (Lipinski definition) is 4. The van der Waals surface area contributed by atoms with Crippen LogP contribution in [0.4, 0.5) is 0 Å². The third-order valence-corrected chi connectivity index (χ3v) is 5.49. The summed E-state index contributed by atoms with van der Waals surface area (Å²) in [5.41, 5.74) is 0. The van der Waals surface area contributed by atoms with Gasteiger partial charge in [0.15, 0.2) is 5.78 Å². The maximum Gasteiger partial charge on any atom is 0.172 e. The molecule has 2 aliphatic heterocycles. The van der Waals surface area contributed by atoms with Crippen LogP contribution in [0.1, 0.15) is 41.8 Å². The lowest BCUT2D eigenvalue weighted by atomic mass is 10.2. The maximum absolute atomic E-state index is 11.9. The lowest BCUT2D eigenvalue weighted by Gasteiger charge is -2.23. The van der Waals surface area contributed by atoms with Crippen LogP contribution >= 0.6 is 11.3 Å². The van der Waals surface area contributed by atoms with Gasteiger partial charge in [0, 0.05) is 19.0 Å². The summed E-state index contributed by atoms with van der Waals surface area (Å²) in [6.45, 7) is 6.12. The van der Waals surface area contributed by atoms with E-state index in [4.69, 9.17) is 0 Å². The number of carbonyl (C=O) groups is 1. The molecule has 1 atom stereocenters. The number of thiophene rings is 1. The van der Waals surface area contributed by atoms with Crippen molar-refractivity contribution >= 4 is 17.1 Å². The summed E-state index contributed by atoms with van der Waals surface area (Å²) in [5.74, 6) is 0.315. The van der Waals surface area contributed by atoms with Crippen LogP contribution in [0.2, 0.25) is 0 Å². The predicted octanol–water partition coefficient (Wildman–Crippen LogP) is 2.88. The molecule has 0 saturated carbocycles. The van der Waals surface area contributed by atoms with Gasteiger partial charge in [0.1, 0.15) is 0 Å². The van der Waals surface area contributed by atoms with Crippen molar-refractivity contribution in [2.24, 2.45) is 0 Å². The Morgan fingerprint density at radius 1 is 1.30 bits per heavy atom. The summed E-state index contributed by atoms with van der Waals surface area (Å²) in [7, 11) is 0. The number of carbonyl (C=O) groups excluding carboxylic acids is 1. The molecule has 0 bridgehead atoms. The van der Waals surface area contributed by atoms with Gasteiger partial charge in [-0.15, -0.1) is 11.3 Å². The lowest BCUT2D eigenvalue weighted by Crippen LogP contribution is -2.35. The molecule has 0 radical (unpaired) electrons. The van der Waals surface area contributed by atoms with E-state index >= 15 is 0 Å². The zero-order valence-electron chi connectivity index (χ0n) is 12.1. The van der Waals surface area contributed by atoms with Crippen molar-refractivity contribution in [1.29, 1.82) is 0 Å². The molecule has 0 N–H and O–H groups in total. The number of ketones is 1. The van der Waals surface area contributed by atoms with Crippen molar-refractivity contribution in [2.75, 3.05) is 32.7 Å². The van der Waals surface area contributed by atoms with Gasteiger partial charge in [-0.1, -0.05) is 6.07 Å². The summed E-state index contributed by atoms with van der Waals surface area (Å²) in [4.78, 5) is 18.1. The minimum Gasteiger partial charge on any atom is -0.302 e. The molecule has 1 unspecified atom stereocenters. The van der Waals surface area contributed by atoms with Crippen LogP contribution in [0.15, 0.2) is 17.5 Å². The number of rotatable bonds is 6. The van der Waals surface area contributed by atoms with Gasteiger partial charge in [0.2, 0.25) is 0 Å². The molecule has 1 aromatic heterocycles. The van der Waals surface area contributed by atoms with Gasteiger partial charge in [0.05, 0.1) is 4.88 Å². The van der Waals surface area contributed by atoms with Gasteiger partial charge in [-0.25, -0.2) is 0 Å². The Bertz CT molecular complexity index is 426. The second-order valence-corrected chi connectivity index (χ2v) is 6.94. The standard InChI is InChI=1S/C16H24N2OS/c19-15(16-6-4-12-20-16)5-3-8-17-11-7-14(13-17)18-9-1-2-10-18/h4,6,12,14H,1-3,5,7-11,13H2. The Morgan fingerprint density at radius 3 is 2.90 bits per heavy atom. The maximum atomic E-state index is 11.9. The number of Topliss-reactive ketones (excluding diaryl/α,β-unsaturated/α-hetero) is 1. The Balaban J connectivity index is 1.36. The van der Waals surface area contributed by atoms with Gasteiger partial charge >= 0.3 is 0 Å². The summed E-state index contributed by atoms with van der Waals surface area (Å²) in [6, 6.07) is 4.68. The van der Waals surface area contributed by atoms with Crippen molar-refractivity contribution in [3.63, 3.8) is 0 Å². The van der Waals surface area contributed by atoms with Crippen LogP contribution in [0.3, 0.4) is 0 Å². The van der Waals surface area contributed by atoms with Gasteiger partial charge in [0.25, 0.3) is 0 Å². The van der Waals surface area contributed by atoms with E-state index in [9.17, 15) is 4.79 Å². The summed E-state index contributed by atoms with van der Waals surface area (Å²) in [5, 5.41) is 1.98. The highest BCUT2D eigenvalue weighted by atomic mass is 32.1. The van der Waals surface area contributed by atoms with Gasteiger partial charge in [-0.3, -0.25) is 9.69 Å². The Morgan fingerprint density at radius 2 is 2.15 bits per heavy atom. The zero-order valence-corrected chi connectivity index (χ0v) is 12.9. The minimum atomic E-state index is 0.315. The number of nitrogens with zero attached hydrogens (tertiary/aromatic N) is 2. The third-order valence-electron chi connectivity index (χ3n) is 4.58. The van der Waals surface area contributed by atoms with Crippen molar-refractivity contribution in [1.82, 2.24) is 9.80 Å². The van der Waals surface area contributed by atoms with Crippen LogP contribution in [-0.4, -0.2) is 54.3 Å². The minimum absolute atomic E-state index is 0.315. The van der Waals surface area contributed by atoms with E-state index in [2.05, 4.69) is 9.80 Å². The van der Waals surface area contributed by atoms with E-state index in [0.29, 0.717) is 12.2 Å². The molecule has 0 spiro atoms. The fourth-order valence-electron chi connectivity index (χ4n) is 3.44. The molecule has 3 heterocycles. The highest BCUT2D eigenvalue weighted by Crippen LogP contribution is 2.21.